The zero-order valence-corrected chi connectivity index (χ0v) is 13.0. The van der Waals surface area contributed by atoms with Crippen LogP contribution in [-0.4, -0.2) is 30.7 Å². The molecule has 1 aliphatic carbocycles. The van der Waals surface area contributed by atoms with Gasteiger partial charge in [-0.2, -0.15) is 5.26 Å². The van der Waals surface area contributed by atoms with E-state index in [0.717, 1.165) is 31.4 Å². The molecule has 0 aromatic carbocycles. The van der Waals surface area contributed by atoms with E-state index in [1.165, 1.54) is 32.1 Å². The van der Waals surface area contributed by atoms with Crippen LogP contribution >= 0.6 is 0 Å². The smallest absolute Gasteiger partial charge is 0.128 e. The van der Waals surface area contributed by atoms with Crippen LogP contribution in [0.25, 0.3) is 0 Å². The third-order valence-corrected chi connectivity index (χ3v) is 4.77. The van der Waals surface area contributed by atoms with Crippen LogP contribution in [0.15, 0.2) is 30.5 Å². The number of nitrogens with one attached hydrogen (secondary N) is 1. The summed E-state index contributed by atoms with van der Waals surface area (Å²) in [6, 6.07) is 6.57. The second-order valence-electron chi connectivity index (χ2n) is 6.34. The van der Waals surface area contributed by atoms with Crippen LogP contribution < -0.4 is 10.2 Å². The summed E-state index contributed by atoms with van der Waals surface area (Å²) in [4.78, 5) is 6.72. The van der Waals surface area contributed by atoms with Gasteiger partial charge in [0.15, 0.2) is 0 Å². The highest BCUT2D eigenvalue weighted by Gasteiger charge is 2.20. The van der Waals surface area contributed by atoms with Crippen LogP contribution in [0.2, 0.25) is 0 Å². The molecule has 3 rings (SSSR count). The minimum atomic E-state index is 0.627. The van der Waals surface area contributed by atoms with Gasteiger partial charge in [0.1, 0.15) is 11.9 Å². The van der Waals surface area contributed by atoms with Gasteiger partial charge in [-0.25, -0.2) is 4.98 Å². The molecule has 1 atom stereocenters. The topological polar surface area (TPSA) is 52.0 Å². The van der Waals surface area contributed by atoms with Crippen molar-refractivity contribution in [1.29, 1.82) is 5.26 Å². The number of nitriles is 1. The summed E-state index contributed by atoms with van der Waals surface area (Å²) in [6.45, 7) is 3.24. The predicted molar refractivity (Wildman–Crippen MR) is 88.7 cm³/mol. The molecule has 22 heavy (non-hydrogen) atoms. The largest absolute Gasteiger partial charge is 0.357 e. The number of pyridine rings is 1. The summed E-state index contributed by atoms with van der Waals surface area (Å²) in [7, 11) is 0. The molecule has 0 amide bonds. The van der Waals surface area contributed by atoms with E-state index in [9.17, 15) is 0 Å². The van der Waals surface area contributed by atoms with Crippen molar-refractivity contribution in [2.24, 2.45) is 5.92 Å². The van der Waals surface area contributed by atoms with Gasteiger partial charge in [0.2, 0.25) is 0 Å². The van der Waals surface area contributed by atoms with Crippen molar-refractivity contribution in [3.63, 3.8) is 0 Å². The molecule has 2 aliphatic rings. The Hall–Kier alpha value is -1.86. The van der Waals surface area contributed by atoms with Crippen LogP contribution in [0.1, 0.15) is 37.7 Å². The third-order valence-electron chi connectivity index (χ3n) is 4.77. The van der Waals surface area contributed by atoms with Crippen molar-refractivity contribution < 1.29 is 0 Å². The fraction of sp³-hybridized carbons (Fsp3) is 0.556. The molecule has 1 aliphatic heterocycles. The number of hydrogen-bond acceptors (Lipinski definition) is 4. The Bertz CT molecular complexity index is 535. The maximum Gasteiger partial charge on any atom is 0.128 e. The Morgan fingerprint density at radius 3 is 2.73 bits per heavy atom. The molecule has 0 unspecified atom stereocenters. The highest BCUT2D eigenvalue weighted by Crippen LogP contribution is 2.20. The summed E-state index contributed by atoms with van der Waals surface area (Å²) >= 11 is 0. The first-order valence-corrected chi connectivity index (χ1v) is 8.34. The SMILES string of the molecule is N#Cc1ccc(N2CCC(NC[C@@H]3CC=CCC3)CC2)nc1. The molecular formula is C18H24N4. The normalized spacial score (nSPS) is 22.5. The molecule has 1 aromatic rings. The Morgan fingerprint density at radius 1 is 1.23 bits per heavy atom. The fourth-order valence-corrected chi connectivity index (χ4v) is 3.33. The molecule has 1 aromatic heterocycles. The quantitative estimate of drug-likeness (QED) is 0.868. The van der Waals surface area contributed by atoms with Gasteiger partial charge in [0.05, 0.1) is 5.56 Å². The van der Waals surface area contributed by atoms with E-state index in [1.807, 2.05) is 12.1 Å². The molecule has 0 bridgehead atoms. The summed E-state index contributed by atoms with van der Waals surface area (Å²) in [5, 5.41) is 12.6. The molecular weight excluding hydrogens is 272 g/mol. The number of aromatic nitrogens is 1. The molecule has 4 heteroatoms. The average molecular weight is 296 g/mol. The summed E-state index contributed by atoms with van der Waals surface area (Å²) < 4.78 is 0. The zero-order valence-electron chi connectivity index (χ0n) is 13.0. The van der Waals surface area contributed by atoms with Gasteiger partial charge >= 0.3 is 0 Å². The number of piperidine rings is 1. The lowest BCUT2D eigenvalue weighted by molar-refractivity contribution is 0.361. The van der Waals surface area contributed by atoms with E-state index in [4.69, 9.17) is 5.26 Å². The predicted octanol–water partition coefficient (Wildman–Crippen LogP) is 2.87. The first-order chi connectivity index (χ1) is 10.8. The average Bonchev–Trinajstić information content (AvgIpc) is 2.61. The van der Waals surface area contributed by atoms with Gasteiger partial charge in [0.25, 0.3) is 0 Å². The Labute approximate surface area is 132 Å². The first kappa shape index (κ1) is 15.1. The van der Waals surface area contributed by atoms with Crippen molar-refractivity contribution in [1.82, 2.24) is 10.3 Å². The lowest BCUT2D eigenvalue weighted by Gasteiger charge is -2.34. The first-order valence-electron chi connectivity index (χ1n) is 8.34. The van der Waals surface area contributed by atoms with E-state index < -0.39 is 0 Å². The van der Waals surface area contributed by atoms with E-state index in [2.05, 4.69) is 33.4 Å². The lowest BCUT2D eigenvalue weighted by atomic mass is 9.93. The molecule has 0 radical (unpaired) electrons. The molecule has 1 N–H and O–H groups in total. The summed E-state index contributed by atoms with van der Waals surface area (Å²) in [5.41, 5.74) is 0.627. The maximum absolute atomic E-state index is 8.82. The number of anilines is 1. The Morgan fingerprint density at radius 2 is 2.09 bits per heavy atom. The van der Waals surface area contributed by atoms with Crippen LogP contribution in [0, 0.1) is 17.2 Å². The van der Waals surface area contributed by atoms with Crippen molar-refractivity contribution in [3.8, 4) is 6.07 Å². The monoisotopic (exact) mass is 296 g/mol. The van der Waals surface area contributed by atoms with Gasteiger partial charge in [-0.15, -0.1) is 0 Å². The summed E-state index contributed by atoms with van der Waals surface area (Å²) in [6.07, 6.45) is 12.5. The lowest BCUT2D eigenvalue weighted by Crippen LogP contribution is -2.44. The fourth-order valence-electron chi connectivity index (χ4n) is 3.33. The molecule has 0 spiro atoms. The van der Waals surface area contributed by atoms with Crippen molar-refractivity contribution >= 4 is 5.82 Å². The second-order valence-corrected chi connectivity index (χ2v) is 6.34. The Kier molecular flexibility index (Phi) is 5.07. The summed E-state index contributed by atoms with van der Waals surface area (Å²) in [5.74, 6) is 1.82. The van der Waals surface area contributed by atoms with Gasteiger partial charge in [-0.05, 0) is 56.7 Å². The van der Waals surface area contributed by atoms with Crippen molar-refractivity contribution in [3.05, 3.63) is 36.0 Å². The molecule has 1 saturated heterocycles. The van der Waals surface area contributed by atoms with Gasteiger partial charge < -0.3 is 10.2 Å². The van der Waals surface area contributed by atoms with Crippen LogP contribution in [-0.2, 0) is 0 Å². The van der Waals surface area contributed by atoms with Crippen LogP contribution in [0.4, 0.5) is 5.82 Å². The van der Waals surface area contributed by atoms with E-state index in [-0.39, 0.29) is 0 Å². The highest BCUT2D eigenvalue weighted by molar-refractivity contribution is 5.42. The molecule has 1 fully saturated rings. The van der Waals surface area contributed by atoms with E-state index >= 15 is 0 Å². The van der Waals surface area contributed by atoms with Crippen LogP contribution in [0.3, 0.4) is 0 Å². The van der Waals surface area contributed by atoms with Gasteiger partial charge in [-0.3, -0.25) is 0 Å². The highest BCUT2D eigenvalue weighted by atomic mass is 15.2. The Balaban J connectivity index is 1.43. The van der Waals surface area contributed by atoms with Gasteiger partial charge in [-0.1, -0.05) is 12.2 Å². The van der Waals surface area contributed by atoms with Crippen LogP contribution in [0.5, 0.6) is 0 Å². The third kappa shape index (κ3) is 3.86. The number of allylic oxidation sites excluding steroid dienone is 2. The van der Waals surface area contributed by atoms with Gasteiger partial charge in [0, 0.05) is 25.3 Å². The second kappa shape index (κ2) is 7.42. The number of nitrogens with zero attached hydrogens (tertiary/aromatic N) is 3. The van der Waals surface area contributed by atoms with Crippen molar-refractivity contribution in [2.45, 2.75) is 38.1 Å². The minimum absolute atomic E-state index is 0.627. The number of hydrogen-bond donors (Lipinski definition) is 1. The zero-order chi connectivity index (χ0) is 15.2. The minimum Gasteiger partial charge on any atom is -0.357 e. The molecule has 2 heterocycles. The van der Waals surface area contributed by atoms with E-state index in [1.54, 1.807) is 6.20 Å². The molecule has 0 saturated carbocycles. The standard InChI is InChI=1S/C18H24N4/c19-12-16-6-7-18(21-14-16)22-10-8-17(9-11-22)20-13-15-4-2-1-3-5-15/h1-2,6-7,14-15,17,20H,3-5,8-11,13H2/t15-/m1/s1. The van der Waals surface area contributed by atoms with Crippen molar-refractivity contribution in [2.75, 3.05) is 24.5 Å². The van der Waals surface area contributed by atoms with E-state index in [0.29, 0.717) is 11.6 Å². The molecule has 116 valence electrons. The number of rotatable bonds is 4. The maximum atomic E-state index is 8.82. The molecule has 4 nitrogen and oxygen atoms in total.